The van der Waals surface area contributed by atoms with Gasteiger partial charge in [0, 0.05) is 12.6 Å². The summed E-state index contributed by atoms with van der Waals surface area (Å²) in [5.74, 6) is 0.550. The van der Waals surface area contributed by atoms with Crippen molar-refractivity contribution in [3.05, 3.63) is 35.4 Å². The molecule has 2 rings (SSSR count). The van der Waals surface area contributed by atoms with E-state index in [0.29, 0.717) is 12.0 Å². The van der Waals surface area contributed by atoms with Crippen molar-refractivity contribution in [2.24, 2.45) is 0 Å². The first-order valence-electron chi connectivity index (χ1n) is 7.63. The van der Waals surface area contributed by atoms with Crippen LogP contribution in [0.2, 0.25) is 0 Å². The molecule has 106 valence electrons. The molecule has 0 amide bonds. The average Bonchev–Trinajstić information content (AvgIpc) is 2.86. The molecule has 1 aromatic carbocycles. The van der Waals surface area contributed by atoms with Crippen LogP contribution in [0.4, 0.5) is 0 Å². The molecule has 1 aliphatic rings. The summed E-state index contributed by atoms with van der Waals surface area (Å²) in [6, 6.07) is 9.12. The van der Waals surface area contributed by atoms with Crippen molar-refractivity contribution in [3.8, 4) is 0 Å². The van der Waals surface area contributed by atoms with Crippen LogP contribution in [0.15, 0.2) is 24.3 Å². The normalized spacial score (nSPS) is 22.1. The lowest BCUT2D eigenvalue weighted by Gasteiger charge is -2.26. The Morgan fingerprint density at radius 1 is 1.21 bits per heavy atom. The summed E-state index contributed by atoms with van der Waals surface area (Å²) >= 11 is 0. The molecule has 1 aliphatic heterocycles. The van der Waals surface area contributed by atoms with Crippen LogP contribution in [0.5, 0.6) is 0 Å². The van der Waals surface area contributed by atoms with Gasteiger partial charge in [-0.3, -0.25) is 4.90 Å². The Hall–Kier alpha value is -0.860. The number of hydrogen-bond donors (Lipinski definition) is 1. The van der Waals surface area contributed by atoms with Crippen LogP contribution in [0, 0.1) is 0 Å². The van der Waals surface area contributed by atoms with Gasteiger partial charge >= 0.3 is 0 Å². The largest absolute Gasteiger partial charge is 0.387 e. The minimum absolute atomic E-state index is 0.353. The van der Waals surface area contributed by atoms with Gasteiger partial charge in [0.25, 0.3) is 0 Å². The number of aliphatic hydroxyl groups is 1. The molecular weight excluding hydrogens is 234 g/mol. The van der Waals surface area contributed by atoms with Gasteiger partial charge in [-0.05, 0) is 42.9 Å². The van der Waals surface area contributed by atoms with Crippen molar-refractivity contribution in [2.45, 2.75) is 58.1 Å². The standard InChI is InChI=1S/C17H27NO/c1-4-16-6-5-11-18(16)12-17(19)15-9-7-14(8-10-15)13(2)3/h7-10,13,16-17,19H,4-6,11-12H2,1-3H3. The van der Waals surface area contributed by atoms with Gasteiger partial charge < -0.3 is 5.11 Å². The van der Waals surface area contributed by atoms with Crippen molar-refractivity contribution in [1.82, 2.24) is 4.90 Å². The maximum atomic E-state index is 10.4. The van der Waals surface area contributed by atoms with Crippen LogP contribution in [0.25, 0.3) is 0 Å². The summed E-state index contributed by atoms with van der Waals surface area (Å²) < 4.78 is 0. The highest BCUT2D eigenvalue weighted by molar-refractivity contribution is 5.26. The molecule has 0 bridgehead atoms. The second-order valence-corrected chi connectivity index (χ2v) is 6.04. The van der Waals surface area contributed by atoms with Crippen LogP contribution in [0.1, 0.15) is 63.2 Å². The maximum Gasteiger partial charge on any atom is 0.0917 e. The Bertz CT molecular complexity index is 385. The third-order valence-electron chi connectivity index (χ3n) is 4.37. The zero-order chi connectivity index (χ0) is 13.8. The number of aliphatic hydroxyl groups excluding tert-OH is 1. The van der Waals surface area contributed by atoms with E-state index < -0.39 is 0 Å². The smallest absolute Gasteiger partial charge is 0.0917 e. The Kier molecular flexibility index (Phi) is 5.00. The van der Waals surface area contributed by atoms with E-state index in [1.165, 1.54) is 24.8 Å². The Morgan fingerprint density at radius 3 is 2.42 bits per heavy atom. The van der Waals surface area contributed by atoms with E-state index >= 15 is 0 Å². The molecule has 0 aromatic heterocycles. The highest BCUT2D eigenvalue weighted by Gasteiger charge is 2.25. The molecule has 0 aliphatic carbocycles. The second kappa shape index (κ2) is 6.53. The third kappa shape index (κ3) is 3.58. The predicted molar refractivity (Wildman–Crippen MR) is 80.4 cm³/mol. The number of rotatable bonds is 5. The van der Waals surface area contributed by atoms with Crippen molar-refractivity contribution in [2.75, 3.05) is 13.1 Å². The van der Waals surface area contributed by atoms with E-state index in [-0.39, 0.29) is 6.10 Å². The summed E-state index contributed by atoms with van der Waals surface area (Å²) in [7, 11) is 0. The molecule has 19 heavy (non-hydrogen) atoms. The van der Waals surface area contributed by atoms with Gasteiger partial charge in [0.2, 0.25) is 0 Å². The molecule has 1 N–H and O–H groups in total. The monoisotopic (exact) mass is 261 g/mol. The Balaban J connectivity index is 1.97. The van der Waals surface area contributed by atoms with E-state index in [4.69, 9.17) is 0 Å². The molecule has 0 saturated carbocycles. The molecular formula is C17H27NO. The molecule has 2 heteroatoms. The summed E-state index contributed by atoms with van der Waals surface area (Å²) in [4.78, 5) is 2.45. The number of nitrogens with zero attached hydrogens (tertiary/aromatic N) is 1. The van der Waals surface area contributed by atoms with Crippen LogP contribution < -0.4 is 0 Å². The zero-order valence-electron chi connectivity index (χ0n) is 12.5. The number of hydrogen-bond acceptors (Lipinski definition) is 2. The highest BCUT2D eigenvalue weighted by Crippen LogP contribution is 2.24. The van der Waals surface area contributed by atoms with Crippen LogP contribution >= 0.6 is 0 Å². The average molecular weight is 261 g/mol. The van der Waals surface area contributed by atoms with Gasteiger partial charge in [0.1, 0.15) is 0 Å². The van der Waals surface area contributed by atoms with Crippen molar-refractivity contribution in [1.29, 1.82) is 0 Å². The maximum absolute atomic E-state index is 10.4. The first-order valence-corrected chi connectivity index (χ1v) is 7.63. The predicted octanol–water partition coefficient (Wildman–Crippen LogP) is 3.72. The van der Waals surface area contributed by atoms with Crippen LogP contribution in [-0.4, -0.2) is 29.1 Å². The molecule has 1 saturated heterocycles. The van der Waals surface area contributed by atoms with Crippen LogP contribution in [-0.2, 0) is 0 Å². The SMILES string of the molecule is CCC1CCCN1CC(O)c1ccc(C(C)C)cc1. The molecule has 1 aromatic rings. The van der Waals surface area contributed by atoms with Crippen LogP contribution in [0.3, 0.4) is 0 Å². The molecule has 2 unspecified atom stereocenters. The Morgan fingerprint density at radius 2 is 1.84 bits per heavy atom. The number of benzene rings is 1. The van der Waals surface area contributed by atoms with Gasteiger partial charge in [0.15, 0.2) is 0 Å². The summed E-state index contributed by atoms with van der Waals surface area (Å²) in [5, 5.41) is 10.4. The molecule has 1 fully saturated rings. The van der Waals surface area contributed by atoms with Gasteiger partial charge in [-0.2, -0.15) is 0 Å². The number of β-amino-alcohol motifs (C(OH)–C–C–N with tert-alkyl or cyclic N) is 1. The summed E-state index contributed by atoms with van der Waals surface area (Å²) in [6.07, 6.45) is 3.40. The summed E-state index contributed by atoms with van der Waals surface area (Å²) in [5.41, 5.74) is 2.38. The van der Waals surface area contributed by atoms with Crippen molar-refractivity contribution in [3.63, 3.8) is 0 Å². The highest BCUT2D eigenvalue weighted by atomic mass is 16.3. The molecule has 0 spiro atoms. The van der Waals surface area contributed by atoms with E-state index in [2.05, 4.69) is 49.9 Å². The second-order valence-electron chi connectivity index (χ2n) is 6.04. The van der Waals surface area contributed by atoms with E-state index in [0.717, 1.165) is 18.7 Å². The van der Waals surface area contributed by atoms with E-state index in [1.807, 2.05) is 0 Å². The topological polar surface area (TPSA) is 23.5 Å². The lowest BCUT2D eigenvalue weighted by Crippen LogP contribution is -2.32. The molecule has 2 nitrogen and oxygen atoms in total. The number of likely N-dealkylation sites (tertiary alicyclic amines) is 1. The van der Waals surface area contributed by atoms with Gasteiger partial charge in [-0.25, -0.2) is 0 Å². The van der Waals surface area contributed by atoms with Gasteiger partial charge in [-0.15, -0.1) is 0 Å². The molecule has 0 radical (unpaired) electrons. The van der Waals surface area contributed by atoms with Gasteiger partial charge in [-0.1, -0.05) is 45.0 Å². The quantitative estimate of drug-likeness (QED) is 0.873. The lowest BCUT2D eigenvalue weighted by atomic mass is 10.00. The molecule has 1 heterocycles. The lowest BCUT2D eigenvalue weighted by molar-refractivity contribution is 0.105. The summed E-state index contributed by atoms with van der Waals surface area (Å²) in [6.45, 7) is 8.55. The zero-order valence-corrected chi connectivity index (χ0v) is 12.5. The Labute approximate surface area is 117 Å². The van der Waals surface area contributed by atoms with E-state index in [9.17, 15) is 5.11 Å². The fourth-order valence-corrected chi connectivity index (χ4v) is 3.03. The third-order valence-corrected chi connectivity index (χ3v) is 4.37. The van der Waals surface area contributed by atoms with Gasteiger partial charge in [0.05, 0.1) is 6.10 Å². The first kappa shape index (κ1) is 14.5. The minimum atomic E-state index is -0.353. The van der Waals surface area contributed by atoms with Crippen molar-refractivity contribution < 1.29 is 5.11 Å². The van der Waals surface area contributed by atoms with Crippen molar-refractivity contribution >= 4 is 0 Å². The fourth-order valence-electron chi connectivity index (χ4n) is 3.03. The van der Waals surface area contributed by atoms with E-state index in [1.54, 1.807) is 0 Å². The fraction of sp³-hybridized carbons (Fsp3) is 0.647. The molecule has 2 atom stereocenters. The minimum Gasteiger partial charge on any atom is -0.387 e. The first-order chi connectivity index (χ1) is 9.11.